The molecule has 0 saturated carbocycles. The molecule has 0 aromatic carbocycles. The Morgan fingerprint density at radius 3 is 2.65 bits per heavy atom. The standard InChI is InChI=1S/C10H16BrN5O/c11-8-9(12)13-7-14-10(8)16-3-1-15(2-4-16)5-6-17/h7,17H,1-6H2,(H2,12,13,14). The molecule has 94 valence electrons. The molecule has 0 bridgehead atoms. The van der Waals surface area contributed by atoms with Gasteiger partial charge in [-0.3, -0.25) is 4.90 Å². The molecule has 0 unspecified atom stereocenters. The predicted molar refractivity (Wildman–Crippen MR) is 69.9 cm³/mol. The van der Waals surface area contributed by atoms with E-state index in [4.69, 9.17) is 10.8 Å². The first kappa shape index (κ1) is 12.5. The first-order valence-electron chi connectivity index (χ1n) is 5.56. The van der Waals surface area contributed by atoms with Crippen molar-refractivity contribution in [3.8, 4) is 0 Å². The number of halogens is 1. The smallest absolute Gasteiger partial charge is 0.148 e. The fraction of sp³-hybridized carbons (Fsp3) is 0.600. The molecule has 2 rings (SSSR count). The highest BCUT2D eigenvalue weighted by atomic mass is 79.9. The quantitative estimate of drug-likeness (QED) is 0.814. The van der Waals surface area contributed by atoms with E-state index < -0.39 is 0 Å². The molecule has 1 aliphatic rings. The van der Waals surface area contributed by atoms with Crippen LogP contribution < -0.4 is 10.6 Å². The number of aromatic nitrogens is 2. The maximum atomic E-state index is 8.88. The average Bonchev–Trinajstić information content (AvgIpc) is 2.34. The minimum Gasteiger partial charge on any atom is -0.395 e. The lowest BCUT2D eigenvalue weighted by Gasteiger charge is -2.35. The van der Waals surface area contributed by atoms with Crippen LogP contribution in [0, 0.1) is 0 Å². The maximum absolute atomic E-state index is 8.88. The Morgan fingerprint density at radius 1 is 1.29 bits per heavy atom. The molecular weight excluding hydrogens is 286 g/mol. The Labute approximate surface area is 109 Å². The minimum absolute atomic E-state index is 0.212. The topological polar surface area (TPSA) is 78.5 Å². The number of β-amino-alcohol motifs (C(OH)–C–C–N with tert-alkyl or cyclic N) is 1. The van der Waals surface area contributed by atoms with Crippen molar-refractivity contribution in [2.75, 3.05) is 50.0 Å². The second-order valence-corrected chi connectivity index (χ2v) is 4.74. The largest absolute Gasteiger partial charge is 0.395 e. The van der Waals surface area contributed by atoms with Crippen molar-refractivity contribution in [1.82, 2.24) is 14.9 Å². The second kappa shape index (κ2) is 5.61. The van der Waals surface area contributed by atoms with Crippen molar-refractivity contribution < 1.29 is 5.11 Å². The third-order valence-electron chi connectivity index (χ3n) is 2.89. The molecule has 1 fully saturated rings. The van der Waals surface area contributed by atoms with Gasteiger partial charge in [0.15, 0.2) is 0 Å². The van der Waals surface area contributed by atoms with Crippen molar-refractivity contribution in [3.05, 3.63) is 10.8 Å². The minimum atomic E-state index is 0.212. The fourth-order valence-corrected chi connectivity index (χ4v) is 2.37. The number of aliphatic hydroxyl groups excluding tert-OH is 1. The van der Waals surface area contributed by atoms with Crippen LogP contribution in [0.2, 0.25) is 0 Å². The van der Waals surface area contributed by atoms with E-state index in [2.05, 4.69) is 35.7 Å². The Bertz CT molecular complexity index is 381. The van der Waals surface area contributed by atoms with Gasteiger partial charge < -0.3 is 15.7 Å². The summed E-state index contributed by atoms with van der Waals surface area (Å²) in [5, 5.41) is 8.88. The van der Waals surface area contributed by atoms with Crippen LogP contribution in [0.15, 0.2) is 10.8 Å². The molecule has 7 heteroatoms. The van der Waals surface area contributed by atoms with Crippen LogP contribution in [0.5, 0.6) is 0 Å². The summed E-state index contributed by atoms with van der Waals surface area (Å²) in [7, 11) is 0. The van der Waals surface area contributed by atoms with Gasteiger partial charge in [-0.05, 0) is 15.9 Å². The number of nitrogens with two attached hydrogens (primary N) is 1. The first-order chi connectivity index (χ1) is 8.22. The zero-order valence-electron chi connectivity index (χ0n) is 9.51. The van der Waals surface area contributed by atoms with Crippen LogP contribution in [-0.2, 0) is 0 Å². The summed E-state index contributed by atoms with van der Waals surface area (Å²) in [6, 6.07) is 0. The molecular formula is C10H16BrN5O. The van der Waals surface area contributed by atoms with Crippen molar-refractivity contribution in [3.63, 3.8) is 0 Å². The van der Waals surface area contributed by atoms with Crippen LogP contribution in [0.25, 0.3) is 0 Å². The lowest BCUT2D eigenvalue weighted by Crippen LogP contribution is -2.47. The molecule has 6 nitrogen and oxygen atoms in total. The van der Waals surface area contributed by atoms with Gasteiger partial charge in [0.05, 0.1) is 6.61 Å². The molecule has 0 radical (unpaired) electrons. The number of rotatable bonds is 3. The lowest BCUT2D eigenvalue weighted by molar-refractivity contribution is 0.188. The third kappa shape index (κ3) is 2.85. The highest BCUT2D eigenvalue weighted by Gasteiger charge is 2.20. The van der Waals surface area contributed by atoms with Crippen LogP contribution in [0.1, 0.15) is 0 Å². The number of piperazine rings is 1. The van der Waals surface area contributed by atoms with Crippen molar-refractivity contribution in [1.29, 1.82) is 0 Å². The number of aliphatic hydroxyl groups is 1. The van der Waals surface area contributed by atoms with E-state index in [9.17, 15) is 0 Å². The summed E-state index contributed by atoms with van der Waals surface area (Å²) in [5.74, 6) is 1.31. The number of nitrogen functional groups attached to an aromatic ring is 1. The monoisotopic (exact) mass is 301 g/mol. The summed E-state index contributed by atoms with van der Waals surface area (Å²) < 4.78 is 0.760. The number of hydrogen-bond donors (Lipinski definition) is 2. The predicted octanol–water partition coefficient (Wildman–Crippen LogP) is -0.0644. The molecule has 1 aromatic rings. The van der Waals surface area contributed by atoms with Gasteiger partial charge >= 0.3 is 0 Å². The molecule has 0 amide bonds. The van der Waals surface area contributed by atoms with E-state index >= 15 is 0 Å². The van der Waals surface area contributed by atoms with Crippen LogP contribution in [0.4, 0.5) is 11.6 Å². The third-order valence-corrected chi connectivity index (χ3v) is 3.65. The summed E-state index contributed by atoms with van der Waals surface area (Å²) in [4.78, 5) is 12.6. The van der Waals surface area contributed by atoms with E-state index in [1.165, 1.54) is 6.33 Å². The molecule has 0 aliphatic carbocycles. The van der Waals surface area contributed by atoms with Gasteiger partial charge in [-0.1, -0.05) is 0 Å². The van der Waals surface area contributed by atoms with Crippen LogP contribution >= 0.6 is 15.9 Å². The molecule has 3 N–H and O–H groups in total. The van der Waals surface area contributed by atoms with E-state index in [1.807, 2.05) is 0 Å². The number of anilines is 2. The molecule has 0 atom stereocenters. The maximum Gasteiger partial charge on any atom is 0.148 e. The van der Waals surface area contributed by atoms with Crippen molar-refractivity contribution >= 4 is 27.6 Å². The summed E-state index contributed by atoms with van der Waals surface area (Å²) >= 11 is 3.42. The van der Waals surface area contributed by atoms with Crippen LogP contribution in [-0.4, -0.2) is 59.3 Å². The Kier molecular flexibility index (Phi) is 4.14. The van der Waals surface area contributed by atoms with Gasteiger partial charge in [0.1, 0.15) is 22.4 Å². The molecule has 0 spiro atoms. The Hall–Kier alpha value is -0.920. The van der Waals surface area contributed by atoms with E-state index in [1.54, 1.807) is 0 Å². The second-order valence-electron chi connectivity index (χ2n) is 3.95. The number of nitrogens with zero attached hydrogens (tertiary/aromatic N) is 4. The first-order valence-corrected chi connectivity index (χ1v) is 6.36. The SMILES string of the molecule is Nc1ncnc(N2CCN(CCO)CC2)c1Br. The van der Waals surface area contributed by atoms with Crippen molar-refractivity contribution in [2.45, 2.75) is 0 Å². The fourth-order valence-electron chi connectivity index (χ4n) is 1.92. The van der Waals surface area contributed by atoms with Crippen LogP contribution in [0.3, 0.4) is 0 Å². The van der Waals surface area contributed by atoms with Gasteiger partial charge in [-0.2, -0.15) is 0 Å². The normalized spacial score (nSPS) is 17.4. The highest BCUT2D eigenvalue weighted by Crippen LogP contribution is 2.27. The zero-order chi connectivity index (χ0) is 12.3. The zero-order valence-corrected chi connectivity index (χ0v) is 11.1. The lowest BCUT2D eigenvalue weighted by atomic mass is 10.3. The van der Waals surface area contributed by atoms with Gasteiger partial charge in [0.2, 0.25) is 0 Å². The average molecular weight is 302 g/mol. The van der Waals surface area contributed by atoms with E-state index in [0.29, 0.717) is 5.82 Å². The molecule has 2 heterocycles. The molecule has 1 aliphatic heterocycles. The summed E-state index contributed by atoms with van der Waals surface area (Å²) in [6.07, 6.45) is 1.48. The van der Waals surface area contributed by atoms with E-state index in [-0.39, 0.29) is 6.61 Å². The summed E-state index contributed by atoms with van der Waals surface area (Å²) in [5.41, 5.74) is 5.73. The molecule has 1 saturated heterocycles. The Morgan fingerprint density at radius 2 is 2.00 bits per heavy atom. The van der Waals surface area contributed by atoms with Gasteiger partial charge in [0, 0.05) is 32.7 Å². The van der Waals surface area contributed by atoms with Gasteiger partial charge in [-0.15, -0.1) is 0 Å². The summed E-state index contributed by atoms with van der Waals surface area (Å²) in [6.45, 7) is 4.57. The molecule has 1 aromatic heterocycles. The van der Waals surface area contributed by atoms with Gasteiger partial charge in [0.25, 0.3) is 0 Å². The van der Waals surface area contributed by atoms with Gasteiger partial charge in [-0.25, -0.2) is 9.97 Å². The molecule has 17 heavy (non-hydrogen) atoms. The van der Waals surface area contributed by atoms with Crippen molar-refractivity contribution in [2.24, 2.45) is 0 Å². The Balaban J connectivity index is 2.03. The van der Waals surface area contributed by atoms with E-state index in [0.717, 1.165) is 43.0 Å². The number of hydrogen-bond acceptors (Lipinski definition) is 6. The highest BCUT2D eigenvalue weighted by molar-refractivity contribution is 9.10.